The van der Waals surface area contributed by atoms with Gasteiger partial charge in [-0.2, -0.15) is 0 Å². The molecule has 0 amide bonds. The van der Waals surface area contributed by atoms with Gasteiger partial charge in [-0.3, -0.25) is 0 Å². The van der Waals surface area contributed by atoms with Crippen LogP contribution in [0.4, 0.5) is 4.39 Å². The molecule has 3 rings (SSSR count). The van der Waals surface area contributed by atoms with Gasteiger partial charge in [0, 0.05) is 0 Å². The summed E-state index contributed by atoms with van der Waals surface area (Å²) in [6.07, 6.45) is 2.04. The number of carbonyl (C=O) groups excluding carboxylic acids is 1. The second kappa shape index (κ2) is 4.04. The van der Waals surface area contributed by atoms with E-state index in [9.17, 15) is 9.18 Å². The van der Waals surface area contributed by atoms with Crippen LogP contribution in [0.5, 0.6) is 0 Å². The summed E-state index contributed by atoms with van der Waals surface area (Å²) in [4.78, 5) is 12.2. The van der Waals surface area contributed by atoms with Crippen molar-refractivity contribution in [3.8, 4) is 0 Å². The fourth-order valence-corrected chi connectivity index (χ4v) is 3.36. The number of hydrogen-bond donors (Lipinski definition) is 0. The fraction of sp³-hybridized carbons (Fsp3) is 0.533. The molecule has 102 valence electrons. The molecule has 1 spiro atoms. The lowest BCUT2D eigenvalue weighted by Gasteiger charge is -2.14. The minimum atomic E-state index is -0.869. The van der Waals surface area contributed by atoms with Gasteiger partial charge < -0.3 is 9.47 Å². The Kier molecular flexibility index (Phi) is 2.68. The van der Waals surface area contributed by atoms with Crippen molar-refractivity contribution >= 4 is 5.97 Å². The van der Waals surface area contributed by atoms with Crippen molar-refractivity contribution in [1.82, 2.24) is 0 Å². The monoisotopic (exact) mass is 264 g/mol. The number of aryl methyl sites for hydroxylation is 1. The van der Waals surface area contributed by atoms with Gasteiger partial charge >= 0.3 is 5.97 Å². The predicted molar refractivity (Wildman–Crippen MR) is 67.1 cm³/mol. The fourth-order valence-electron chi connectivity index (χ4n) is 3.36. The number of rotatable bonds is 3. The van der Waals surface area contributed by atoms with Crippen LogP contribution in [0, 0.1) is 5.82 Å². The average molecular weight is 264 g/mol. The molecule has 1 saturated heterocycles. The van der Waals surface area contributed by atoms with Crippen molar-refractivity contribution in [1.29, 1.82) is 0 Å². The standard InChI is InChI=1S/C15H17FO3/c1-3-14(13(17)18-4-2)15(19-14)8-7-10-9-11(16)5-6-12(10)15/h5-6,9H,3-4,7-8H2,1-2H3. The zero-order valence-corrected chi connectivity index (χ0v) is 11.2. The number of carbonyl (C=O) groups is 1. The van der Waals surface area contributed by atoms with Crippen molar-refractivity contribution in [3.05, 3.63) is 35.1 Å². The first-order valence-electron chi connectivity index (χ1n) is 6.76. The first kappa shape index (κ1) is 12.6. The number of halogens is 1. The van der Waals surface area contributed by atoms with Crippen molar-refractivity contribution in [3.63, 3.8) is 0 Å². The second-order valence-electron chi connectivity index (χ2n) is 5.13. The number of epoxide rings is 1. The lowest BCUT2D eigenvalue weighted by atomic mass is 9.85. The van der Waals surface area contributed by atoms with Gasteiger partial charge in [-0.25, -0.2) is 9.18 Å². The van der Waals surface area contributed by atoms with Crippen molar-refractivity contribution in [2.75, 3.05) is 6.61 Å². The summed E-state index contributed by atoms with van der Waals surface area (Å²) in [7, 11) is 0. The van der Waals surface area contributed by atoms with Crippen LogP contribution in [0.2, 0.25) is 0 Å². The Labute approximate surface area is 111 Å². The van der Waals surface area contributed by atoms with Crippen LogP contribution in [-0.2, 0) is 26.3 Å². The van der Waals surface area contributed by atoms with Gasteiger partial charge in [0.15, 0.2) is 5.60 Å². The summed E-state index contributed by atoms with van der Waals surface area (Å²) in [5, 5.41) is 0. The quantitative estimate of drug-likeness (QED) is 0.622. The number of fused-ring (bicyclic) bond motifs is 2. The molecule has 1 heterocycles. The average Bonchev–Trinajstić information content (AvgIpc) is 2.94. The molecule has 1 aliphatic carbocycles. The molecule has 2 atom stereocenters. The van der Waals surface area contributed by atoms with Crippen molar-refractivity contribution in [2.45, 2.75) is 44.3 Å². The highest BCUT2D eigenvalue weighted by atomic mass is 19.1. The van der Waals surface area contributed by atoms with E-state index in [0.717, 1.165) is 24.0 Å². The minimum Gasteiger partial charge on any atom is -0.464 e. The number of ether oxygens (including phenoxy) is 2. The van der Waals surface area contributed by atoms with E-state index in [2.05, 4.69) is 0 Å². The molecule has 0 aromatic heterocycles. The summed E-state index contributed by atoms with van der Waals surface area (Å²) < 4.78 is 24.3. The summed E-state index contributed by atoms with van der Waals surface area (Å²) >= 11 is 0. The van der Waals surface area contributed by atoms with Crippen LogP contribution in [-0.4, -0.2) is 18.2 Å². The van der Waals surface area contributed by atoms with Gasteiger partial charge in [-0.15, -0.1) is 0 Å². The normalized spacial score (nSPS) is 31.3. The van der Waals surface area contributed by atoms with Crippen LogP contribution >= 0.6 is 0 Å². The van der Waals surface area contributed by atoms with Gasteiger partial charge in [0.1, 0.15) is 11.4 Å². The van der Waals surface area contributed by atoms with E-state index < -0.39 is 11.2 Å². The molecule has 1 aliphatic heterocycles. The molecule has 2 aliphatic rings. The zero-order chi connectivity index (χ0) is 13.7. The number of hydrogen-bond acceptors (Lipinski definition) is 3. The van der Waals surface area contributed by atoms with E-state index >= 15 is 0 Å². The van der Waals surface area contributed by atoms with Crippen LogP contribution in [0.15, 0.2) is 18.2 Å². The Morgan fingerprint density at radius 1 is 1.47 bits per heavy atom. The molecule has 0 bridgehead atoms. The van der Waals surface area contributed by atoms with E-state index in [-0.39, 0.29) is 11.8 Å². The van der Waals surface area contributed by atoms with Gasteiger partial charge in [-0.05, 0) is 49.4 Å². The largest absolute Gasteiger partial charge is 0.464 e. The summed E-state index contributed by atoms with van der Waals surface area (Å²) in [5.74, 6) is -0.538. The highest BCUT2D eigenvalue weighted by Gasteiger charge is 2.76. The Bertz CT molecular complexity index is 542. The van der Waals surface area contributed by atoms with Crippen molar-refractivity contribution in [2.24, 2.45) is 0 Å². The predicted octanol–water partition coefficient (Wildman–Crippen LogP) is 2.71. The van der Waals surface area contributed by atoms with E-state index in [1.165, 1.54) is 12.1 Å². The van der Waals surface area contributed by atoms with E-state index in [4.69, 9.17) is 9.47 Å². The summed E-state index contributed by atoms with van der Waals surface area (Å²) in [6.45, 7) is 4.05. The topological polar surface area (TPSA) is 38.8 Å². The molecule has 4 heteroatoms. The van der Waals surface area contributed by atoms with E-state index in [1.54, 1.807) is 13.0 Å². The van der Waals surface area contributed by atoms with E-state index in [1.807, 2.05) is 6.92 Å². The van der Waals surface area contributed by atoms with E-state index in [0.29, 0.717) is 13.0 Å². The molecule has 1 aromatic rings. The molecule has 0 saturated carbocycles. The summed E-state index contributed by atoms with van der Waals surface area (Å²) in [5.41, 5.74) is 0.437. The molecule has 0 N–H and O–H groups in total. The van der Waals surface area contributed by atoms with Gasteiger partial charge in [-0.1, -0.05) is 13.0 Å². The third-order valence-electron chi connectivity index (χ3n) is 4.31. The smallest absolute Gasteiger partial charge is 0.341 e. The number of benzene rings is 1. The maximum atomic E-state index is 13.3. The highest BCUT2D eigenvalue weighted by molar-refractivity contribution is 5.86. The van der Waals surface area contributed by atoms with Gasteiger partial charge in [0.05, 0.1) is 6.61 Å². The Morgan fingerprint density at radius 2 is 2.26 bits per heavy atom. The molecular formula is C15H17FO3. The molecule has 19 heavy (non-hydrogen) atoms. The first-order valence-corrected chi connectivity index (χ1v) is 6.76. The molecule has 2 unspecified atom stereocenters. The lowest BCUT2D eigenvalue weighted by molar-refractivity contribution is -0.149. The molecule has 0 radical (unpaired) electrons. The SMILES string of the molecule is CCOC(=O)C1(CC)OC12CCc1cc(F)ccc12. The highest BCUT2D eigenvalue weighted by Crippen LogP contribution is 2.64. The van der Waals surface area contributed by atoms with Crippen LogP contribution < -0.4 is 0 Å². The first-order chi connectivity index (χ1) is 9.09. The second-order valence-corrected chi connectivity index (χ2v) is 5.13. The van der Waals surface area contributed by atoms with Crippen molar-refractivity contribution < 1.29 is 18.7 Å². The van der Waals surface area contributed by atoms with Gasteiger partial charge in [0.25, 0.3) is 0 Å². The maximum Gasteiger partial charge on any atom is 0.341 e. The van der Waals surface area contributed by atoms with Gasteiger partial charge in [0.2, 0.25) is 0 Å². The number of esters is 1. The molecule has 3 nitrogen and oxygen atoms in total. The van der Waals surface area contributed by atoms with Crippen LogP contribution in [0.3, 0.4) is 0 Å². The molecule has 1 aromatic carbocycles. The molecular weight excluding hydrogens is 247 g/mol. The Morgan fingerprint density at radius 3 is 2.95 bits per heavy atom. The Hall–Kier alpha value is -1.42. The molecule has 1 fully saturated rings. The maximum absolute atomic E-state index is 13.3. The lowest BCUT2D eigenvalue weighted by Crippen LogP contribution is -2.33. The van der Waals surface area contributed by atoms with Crippen LogP contribution in [0.25, 0.3) is 0 Å². The third-order valence-corrected chi connectivity index (χ3v) is 4.31. The summed E-state index contributed by atoms with van der Waals surface area (Å²) in [6, 6.07) is 4.71. The third kappa shape index (κ3) is 1.49. The van der Waals surface area contributed by atoms with Crippen LogP contribution in [0.1, 0.15) is 37.8 Å². The minimum absolute atomic E-state index is 0.241. The Balaban J connectivity index is 1.99. The zero-order valence-electron chi connectivity index (χ0n) is 11.2.